The van der Waals surface area contributed by atoms with Crippen LogP contribution in [-0.2, 0) is 0 Å². The molecular weight excluding hydrogens is 268 g/mol. The fraction of sp³-hybridized carbons (Fsp3) is 0.562. The quantitative estimate of drug-likeness (QED) is 0.924. The summed E-state index contributed by atoms with van der Waals surface area (Å²) >= 11 is 0. The first-order valence-corrected chi connectivity index (χ1v) is 7.41. The van der Waals surface area contributed by atoms with Crippen LogP contribution < -0.4 is 14.8 Å². The molecule has 1 aromatic rings. The maximum Gasteiger partial charge on any atom is 0.321 e. The summed E-state index contributed by atoms with van der Waals surface area (Å²) in [6.45, 7) is 0. The second-order valence-electron chi connectivity index (χ2n) is 5.43. The predicted octanol–water partition coefficient (Wildman–Crippen LogP) is 3.50. The molecule has 1 aliphatic carbocycles. The lowest BCUT2D eigenvalue weighted by Crippen LogP contribution is -2.40. The van der Waals surface area contributed by atoms with Crippen molar-refractivity contribution in [2.75, 3.05) is 26.6 Å². The third-order valence-corrected chi connectivity index (χ3v) is 4.05. The molecule has 2 amide bonds. The second kappa shape index (κ2) is 7.20. The number of anilines is 1. The summed E-state index contributed by atoms with van der Waals surface area (Å²) in [6, 6.07) is 5.61. The van der Waals surface area contributed by atoms with Crippen LogP contribution in [-0.4, -0.2) is 38.2 Å². The molecular formula is C16H24N2O3. The largest absolute Gasteiger partial charge is 0.497 e. The van der Waals surface area contributed by atoms with Gasteiger partial charge in [0.1, 0.15) is 11.5 Å². The predicted molar refractivity (Wildman–Crippen MR) is 83.2 cm³/mol. The van der Waals surface area contributed by atoms with E-state index in [1.807, 2.05) is 11.9 Å². The number of urea groups is 1. The van der Waals surface area contributed by atoms with Crippen LogP contribution in [0.5, 0.6) is 11.5 Å². The van der Waals surface area contributed by atoms with Gasteiger partial charge in [0.2, 0.25) is 0 Å². The van der Waals surface area contributed by atoms with Crippen molar-refractivity contribution >= 4 is 11.7 Å². The first kappa shape index (κ1) is 15.5. The highest BCUT2D eigenvalue weighted by molar-refractivity contribution is 5.89. The summed E-state index contributed by atoms with van der Waals surface area (Å²) in [5.74, 6) is 1.31. The molecule has 1 aromatic carbocycles. The Kier molecular flexibility index (Phi) is 5.31. The number of carbonyl (C=O) groups is 1. The minimum Gasteiger partial charge on any atom is -0.497 e. The summed E-state index contributed by atoms with van der Waals surface area (Å²) in [5, 5.41) is 2.92. The van der Waals surface area contributed by atoms with E-state index in [4.69, 9.17) is 9.47 Å². The zero-order valence-corrected chi connectivity index (χ0v) is 13.0. The molecule has 1 saturated carbocycles. The highest BCUT2D eigenvalue weighted by Gasteiger charge is 2.22. The number of rotatable bonds is 4. The molecule has 1 aliphatic rings. The van der Waals surface area contributed by atoms with Gasteiger partial charge in [-0.25, -0.2) is 4.79 Å². The van der Waals surface area contributed by atoms with E-state index in [0.717, 1.165) is 12.8 Å². The Hall–Kier alpha value is -1.91. The minimum atomic E-state index is -0.0859. The minimum absolute atomic E-state index is 0.0859. The molecule has 1 fully saturated rings. The third-order valence-electron chi connectivity index (χ3n) is 4.05. The lowest BCUT2D eigenvalue weighted by Gasteiger charge is -2.31. The molecule has 0 saturated heterocycles. The Balaban J connectivity index is 2.04. The van der Waals surface area contributed by atoms with E-state index in [1.165, 1.54) is 19.3 Å². The van der Waals surface area contributed by atoms with Crippen molar-refractivity contribution in [3.63, 3.8) is 0 Å². The van der Waals surface area contributed by atoms with Crippen LogP contribution in [0, 0.1) is 0 Å². The van der Waals surface area contributed by atoms with Gasteiger partial charge in [-0.05, 0) is 12.8 Å². The molecule has 0 radical (unpaired) electrons. The summed E-state index contributed by atoms with van der Waals surface area (Å²) in [7, 11) is 5.05. The van der Waals surface area contributed by atoms with Gasteiger partial charge in [0.15, 0.2) is 0 Å². The van der Waals surface area contributed by atoms with Crippen LogP contribution in [0.15, 0.2) is 18.2 Å². The smallest absolute Gasteiger partial charge is 0.321 e. The zero-order valence-electron chi connectivity index (χ0n) is 13.0. The molecule has 2 rings (SSSR count). The lowest BCUT2D eigenvalue weighted by atomic mass is 9.95. The summed E-state index contributed by atoms with van der Waals surface area (Å²) in [6.07, 6.45) is 5.86. The second-order valence-corrected chi connectivity index (χ2v) is 5.43. The number of methoxy groups -OCH3 is 2. The van der Waals surface area contributed by atoms with Crippen molar-refractivity contribution in [1.82, 2.24) is 4.90 Å². The molecule has 1 N–H and O–H groups in total. The summed E-state index contributed by atoms with van der Waals surface area (Å²) < 4.78 is 10.4. The van der Waals surface area contributed by atoms with E-state index in [-0.39, 0.29) is 6.03 Å². The van der Waals surface area contributed by atoms with Crippen LogP contribution in [0.4, 0.5) is 10.5 Å². The van der Waals surface area contributed by atoms with Gasteiger partial charge in [0.05, 0.1) is 14.2 Å². The fourth-order valence-electron chi connectivity index (χ4n) is 2.73. The van der Waals surface area contributed by atoms with Gasteiger partial charge in [-0.1, -0.05) is 19.3 Å². The first-order chi connectivity index (χ1) is 10.1. The number of hydrogen-bond acceptors (Lipinski definition) is 3. The highest BCUT2D eigenvalue weighted by Crippen LogP contribution is 2.27. The average molecular weight is 292 g/mol. The average Bonchev–Trinajstić information content (AvgIpc) is 2.54. The molecule has 5 nitrogen and oxygen atoms in total. The van der Waals surface area contributed by atoms with Crippen LogP contribution in [0.2, 0.25) is 0 Å². The van der Waals surface area contributed by atoms with Crippen molar-refractivity contribution in [3.8, 4) is 11.5 Å². The van der Waals surface area contributed by atoms with E-state index >= 15 is 0 Å². The standard InChI is InChI=1S/C16H24N2O3/c1-18(13-7-5-4-6-8-13)16(19)17-12-9-14(20-2)11-15(10-12)21-3/h9-11,13H,4-8H2,1-3H3,(H,17,19). The van der Waals surface area contributed by atoms with Gasteiger partial charge in [0.25, 0.3) is 0 Å². The monoisotopic (exact) mass is 292 g/mol. The molecule has 0 bridgehead atoms. The highest BCUT2D eigenvalue weighted by atomic mass is 16.5. The Morgan fingerprint density at radius 1 is 1.10 bits per heavy atom. The van der Waals surface area contributed by atoms with Crippen LogP contribution in [0.1, 0.15) is 32.1 Å². The normalized spacial score (nSPS) is 15.4. The van der Waals surface area contributed by atoms with Gasteiger partial charge in [-0.15, -0.1) is 0 Å². The van der Waals surface area contributed by atoms with Crippen LogP contribution in [0.25, 0.3) is 0 Å². The molecule has 0 heterocycles. The van der Waals surface area contributed by atoms with Gasteiger partial charge in [-0.2, -0.15) is 0 Å². The number of ether oxygens (including phenoxy) is 2. The molecule has 0 aliphatic heterocycles. The SMILES string of the molecule is COc1cc(NC(=O)N(C)C2CCCCC2)cc(OC)c1. The van der Waals surface area contributed by atoms with E-state index in [1.54, 1.807) is 32.4 Å². The lowest BCUT2D eigenvalue weighted by molar-refractivity contribution is 0.186. The summed E-state index contributed by atoms with van der Waals surface area (Å²) in [5.41, 5.74) is 0.679. The number of nitrogens with zero attached hydrogens (tertiary/aromatic N) is 1. The van der Waals surface area contributed by atoms with Gasteiger partial charge < -0.3 is 19.7 Å². The topological polar surface area (TPSA) is 50.8 Å². The Labute approximate surface area is 126 Å². The van der Waals surface area contributed by atoms with Crippen molar-refractivity contribution in [1.29, 1.82) is 0 Å². The van der Waals surface area contributed by atoms with Crippen molar-refractivity contribution < 1.29 is 14.3 Å². The molecule has 116 valence electrons. The number of benzene rings is 1. The molecule has 0 unspecified atom stereocenters. The first-order valence-electron chi connectivity index (χ1n) is 7.41. The zero-order chi connectivity index (χ0) is 15.2. The maximum atomic E-state index is 12.3. The molecule has 0 atom stereocenters. The Morgan fingerprint density at radius 2 is 1.67 bits per heavy atom. The Bertz CT molecular complexity index is 462. The van der Waals surface area contributed by atoms with E-state index in [0.29, 0.717) is 23.2 Å². The fourth-order valence-corrected chi connectivity index (χ4v) is 2.73. The number of nitrogens with one attached hydrogen (secondary N) is 1. The number of hydrogen-bond donors (Lipinski definition) is 1. The van der Waals surface area contributed by atoms with E-state index in [9.17, 15) is 4.79 Å². The molecule has 21 heavy (non-hydrogen) atoms. The van der Waals surface area contributed by atoms with Crippen LogP contribution in [0.3, 0.4) is 0 Å². The third kappa shape index (κ3) is 4.03. The number of amides is 2. The van der Waals surface area contributed by atoms with Gasteiger partial charge in [0, 0.05) is 37.0 Å². The van der Waals surface area contributed by atoms with Gasteiger partial charge in [-0.3, -0.25) is 0 Å². The van der Waals surface area contributed by atoms with Crippen LogP contribution >= 0.6 is 0 Å². The van der Waals surface area contributed by atoms with Gasteiger partial charge >= 0.3 is 6.03 Å². The van der Waals surface area contributed by atoms with Crippen molar-refractivity contribution in [3.05, 3.63) is 18.2 Å². The van der Waals surface area contributed by atoms with Crippen molar-refractivity contribution in [2.24, 2.45) is 0 Å². The molecule has 5 heteroatoms. The maximum absolute atomic E-state index is 12.3. The van der Waals surface area contributed by atoms with Crippen molar-refractivity contribution in [2.45, 2.75) is 38.1 Å². The molecule has 0 spiro atoms. The van der Waals surface area contributed by atoms with E-state index in [2.05, 4.69) is 5.32 Å². The Morgan fingerprint density at radius 3 is 2.19 bits per heavy atom. The summed E-state index contributed by atoms with van der Waals surface area (Å²) in [4.78, 5) is 14.2. The van der Waals surface area contributed by atoms with E-state index < -0.39 is 0 Å². The number of carbonyl (C=O) groups excluding carboxylic acids is 1. The molecule has 0 aromatic heterocycles.